The van der Waals surface area contributed by atoms with Crippen molar-refractivity contribution in [1.82, 2.24) is 0 Å². The Morgan fingerprint density at radius 1 is 1.27 bits per heavy atom. The van der Waals surface area contributed by atoms with E-state index in [9.17, 15) is 5.11 Å². The molecular formula is C12H16O3. The molecule has 1 aliphatic heterocycles. The van der Waals surface area contributed by atoms with Crippen molar-refractivity contribution >= 4 is 0 Å². The van der Waals surface area contributed by atoms with E-state index in [-0.39, 0.29) is 6.10 Å². The first kappa shape index (κ1) is 10.6. The van der Waals surface area contributed by atoms with Crippen molar-refractivity contribution in [3.8, 4) is 0 Å². The maximum Gasteiger partial charge on any atom is 0.111 e. The third kappa shape index (κ3) is 2.56. The Kier molecular flexibility index (Phi) is 3.36. The van der Waals surface area contributed by atoms with Gasteiger partial charge in [0.2, 0.25) is 0 Å². The number of ether oxygens (including phenoxy) is 2. The van der Waals surface area contributed by atoms with Crippen LogP contribution in [0.5, 0.6) is 0 Å². The predicted molar refractivity (Wildman–Crippen MR) is 56.7 cm³/mol. The molecule has 1 saturated heterocycles. The highest BCUT2D eigenvalue weighted by molar-refractivity contribution is 5.23. The van der Waals surface area contributed by atoms with Gasteiger partial charge in [-0.1, -0.05) is 29.8 Å². The van der Waals surface area contributed by atoms with E-state index in [4.69, 9.17) is 9.47 Å². The maximum atomic E-state index is 10.0. The number of hydrogen-bond acceptors (Lipinski definition) is 3. The van der Waals surface area contributed by atoms with E-state index in [1.807, 2.05) is 31.2 Å². The van der Waals surface area contributed by atoms with Gasteiger partial charge in [0.25, 0.3) is 0 Å². The van der Waals surface area contributed by atoms with Gasteiger partial charge in [0, 0.05) is 0 Å². The molecular weight excluding hydrogens is 192 g/mol. The van der Waals surface area contributed by atoms with Crippen molar-refractivity contribution in [1.29, 1.82) is 0 Å². The molecule has 0 aromatic heterocycles. The summed E-state index contributed by atoms with van der Waals surface area (Å²) >= 11 is 0. The van der Waals surface area contributed by atoms with Gasteiger partial charge in [-0.25, -0.2) is 0 Å². The van der Waals surface area contributed by atoms with Crippen LogP contribution in [0.1, 0.15) is 17.2 Å². The summed E-state index contributed by atoms with van der Waals surface area (Å²) in [6.07, 6.45) is -0.827. The molecule has 0 bridgehead atoms. The van der Waals surface area contributed by atoms with Crippen molar-refractivity contribution in [3.63, 3.8) is 0 Å². The van der Waals surface area contributed by atoms with Crippen LogP contribution in [-0.4, -0.2) is 31.0 Å². The summed E-state index contributed by atoms with van der Waals surface area (Å²) in [7, 11) is 0. The Labute approximate surface area is 89.6 Å². The molecule has 1 heterocycles. The van der Waals surface area contributed by atoms with Crippen LogP contribution in [0.3, 0.4) is 0 Å². The second-order valence-electron chi connectivity index (χ2n) is 3.84. The summed E-state index contributed by atoms with van der Waals surface area (Å²) < 4.78 is 10.7. The standard InChI is InChI=1S/C12H16O3/c1-9-2-4-10(5-3-9)12(13)11-8-14-6-7-15-11/h2-5,11-13H,6-8H2,1H3. The molecule has 1 aliphatic rings. The SMILES string of the molecule is Cc1ccc(C(O)C2COCCO2)cc1. The monoisotopic (exact) mass is 208 g/mol. The van der Waals surface area contributed by atoms with E-state index in [1.165, 1.54) is 5.56 Å². The van der Waals surface area contributed by atoms with Crippen molar-refractivity contribution in [3.05, 3.63) is 35.4 Å². The fourth-order valence-corrected chi connectivity index (χ4v) is 1.67. The Morgan fingerprint density at radius 3 is 2.60 bits per heavy atom. The average Bonchev–Trinajstić information content (AvgIpc) is 2.30. The number of hydrogen-bond donors (Lipinski definition) is 1. The van der Waals surface area contributed by atoms with E-state index in [1.54, 1.807) is 0 Å². The van der Waals surface area contributed by atoms with Crippen molar-refractivity contribution < 1.29 is 14.6 Å². The summed E-state index contributed by atoms with van der Waals surface area (Å²) in [5, 5.41) is 10.0. The molecule has 1 aromatic rings. The van der Waals surface area contributed by atoms with Gasteiger partial charge in [0.15, 0.2) is 0 Å². The highest BCUT2D eigenvalue weighted by Crippen LogP contribution is 2.21. The number of rotatable bonds is 2. The molecule has 15 heavy (non-hydrogen) atoms. The van der Waals surface area contributed by atoms with Crippen molar-refractivity contribution in [2.24, 2.45) is 0 Å². The van der Waals surface area contributed by atoms with E-state index in [2.05, 4.69) is 0 Å². The first-order valence-electron chi connectivity index (χ1n) is 5.21. The van der Waals surface area contributed by atoms with Crippen LogP contribution in [0.4, 0.5) is 0 Å². The first-order valence-corrected chi connectivity index (χ1v) is 5.21. The minimum absolute atomic E-state index is 0.235. The molecule has 82 valence electrons. The molecule has 0 saturated carbocycles. The normalized spacial score (nSPS) is 23.7. The minimum Gasteiger partial charge on any atom is -0.386 e. The fraction of sp³-hybridized carbons (Fsp3) is 0.500. The highest BCUT2D eigenvalue weighted by Gasteiger charge is 2.24. The van der Waals surface area contributed by atoms with E-state index < -0.39 is 6.10 Å². The number of aliphatic hydroxyl groups excluding tert-OH is 1. The van der Waals surface area contributed by atoms with Gasteiger partial charge >= 0.3 is 0 Å². The molecule has 1 aromatic carbocycles. The van der Waals surface area contributed by atoms with Crippen molar-refractivity contribution in [2.75, 3.05) is 19.8 Å². The van der Waals surface area contributed by atoms with Crippen LogP contribution in [0.2, 0.25) is 0 Å². The summed E-state index contributed by atoms with van der Waals surface area (Å²) in [5.41, 5.74) is 2.07. The lowest BCUT2D eigenvalue weighted by Gasteiger charge is -2.27. The van der Waals surface area contributed by atoms with E-state index in [0.717, 1.165) is 5.56 Å². The lowest BCUT2D eigenvalue weighted by molar-refractivity contribution is -0.133. The zero-order valence-corrected chi connectivity index (χ0v) is 8.85. The van der Waals surface area contributed by atoms with Gasteiger partial charge in [-0.2, -0.15) is 0 Å². The van der Waals surface area contributed by atoms with Crippen LogP contribution in [0, 0.1) is 6.92 Å². The summed E-state index contributed by atoms with van der Waals surface area (Å²) in [5.74, 6) is 0. The summed E-state index contributed by atoms with van der Waals surface area (Å²) in [4.78, 5) is 0. The van der Waals surface area contributed by atoms with E-state index in [0.29, 0.717) is 19.8 Å². The van der Waals surface area contributed by atoms with Gasteiger partial charge in [0.1, 0.15) is 12.2 Å². The Balaban J connectivity index is 2.05. The van der Waals surface area contributed by atoms with Crippen LogP contribution < -0.4 is 0 Å². The molecule has 0 amide bonds. The Morgan fingerprint density at radius 2 is 2.00 bits per heavy atom. The fourth-order valence-electron chi connectivity index (χ4n) is 1.67. The molecule has 0 radical (unpaired) electrons. The van der Waals surface area contributed by atoms with Crippen LogP contribution in [0.15, 0.2) is 24.3 Å². The molecule has 0 aliphatic carbocycles. The molecule has 2 rings (SSSR count). The molecule has 1 fully saturated rings. The maximum absolute atomic E-state index is 10.0. The van der Waals surface area contributed by atoms with E-state index >= 15 is 0 Å². The van der Waals surface area contributed by atoms with Crippen LogP contribution in [0.25, 0.3) is 0 Å². The second-order valence-corrected chi connectivity index (χ2v) is 3.84. The molecule has 2 unspecified atom stereocenters. The van der Waals surface area contributed by atoms with Gasteiger partial charge in [0.05, 0.1) is 19.8 Å². The summed E-state index contributed by atoms with van der Waals surface area (Å²) in [6.45, 7) is 3.68. The van der Waals surface area contributed by atoms with Gasteiger partial charge in [-0.3, -0.25) is 0 Å². The first-order chi connectivity index (χ1) is 7.27. The Hall–Kier alpha value is -0.900. The van der Waals surface area contributed by atoms with Gasteiger partial charge < -0.3 is 14.6 Å². The highest BCUT2D eigenvalue weighted by atomic mass is 16.6. The zero-order valence-electron chi connectivity index (χ0n) is 8.85. The smallest absolute Gasteiger partial charge is 0.111 e. The minimum atomic E-state index is -0.592. The summed E-state index contributed by atoms with van der Waals surface area (Å²) in [6, 6.07) is 7.83. The lowest BCUT2D eigenvalue weighted by Crippen LogP contribution is -2.33. The third-order valence-corrected chi connectivity index (χ3v) is 2.61. The van der Waals surface area contributed by atoms with Crippen LogP contribution in [-0.2, 0) is 9.47 Å². The number of benzene rings is 1. The molecule has 3 nitrogen and oxygen atoms in total. The zero-order chi connectivity index (χ0) is 10.7. The second kappa shape index (κ2) is 4.75. The quantitative estimate of drug-likeness (QED) is 0.799. The molecule has 0 spiro atoms. The van der Waals surface area contributed by atoms with Gasteiger partial charge in [-0.05, 0) is 12.5 Å². The Bertz CT molecular complexity index is 301. The largest absolute Gasteiger partial charge is 0.386 e. The third-order valence-electron chi connectivity index (χ3n) is 2.61. The number of aryl methyl sites for hydroxylation is 1. The van der Waals surface area contributed by atoms with Crippen LogP contribution >= 0.6 is 0 Å². The number of aliphatic hydroxyl groups is 1. The van der Waals surface area contributed by atoms with Crippen molar-refractivity contribution in [2.45, 2.75) is 19.1 Å². The lowest BCUT2D eigenvalue weighted by atomic mass is 10.0. The molecule has 3 heteroatoms. The topological polar surface area (TPSA) is 38.7 Å². The molecule has 2 atom stereocenters. The van der Waals surface area contributed by atoms with Gasteiger partial charge in [-0.15, -0.1) is 0 Å². The molecule has 1 N–H and O–H groups in total. The predicted octanol–water partition coefficient (Wildman–Crippen LogP) is 1.44. The average molecular weight is 208 g/mol.